The lowest BCUT2D eigenvalue weighted by Gasteiger charge is -2.20. The number of nitro groups is 1. The van der Waals surface area contributed by atoms with Gasteiger partial charge in [-0.05, 0) is 50.1 Å². The van der Waals surface area contributed by atoms with Gasteiger partial charge in [-0.25, -0.2) is 0 Å². The number of aromatic nitrogens is 4. The minimum Gasteiger partial charge on any atom is -0.459 e. The molecular weight excluding hydrogens is 440 g/mol. The number of carbonyl (C=O) groups is 1. The molecule has 0 saturated heterocycles. The van der Waals surface area contributed by atoms with E-state index in [1.807, 2.05) is 19.1 Å². The number of amides is 1. The lowest BCUT2D eigenvalue weighted by molar-refractivity contribution is -0.386. The summed E-state index contributed by atoms with van der Waals surface area (Å²) in [6, 6.07) is 10.6. The lowest BCUT2D eigenvalue weighted by atomic mass is 10.1. The quantitative estimate of drug-likeness (QED) is 0.266. The van der Waals surface area contributed by atoms with Crippen LogP contribution in [-0.4, -0.2) is 42.3 Å². The van der Waals surface area contributed by atoms with E-state index in [0.29, 0.717) is 41.7 Å². The summed E-state index contributed by atoms with van der Waals surface area (Å²) in [6.45, 7) is 6.34. The zero-order valence-corrected chi connectivity index (χ0v) is 19.1. The molecule has 0 unspecified atom stereocenters. The molecule has 11 nitrogen and oxygen atoms in total. The Bertz CT molecular complexity index is 1290. The highest BCUT2D eigenvalue weighted by atomic mass is 16.6. The molecule has 1 aromatic carbocycles. The van der Waals surface area contributed by atoms with Crippen molar-refractivity contribution in [3.8, 4) is 11.7 Å². The standard InChI is InChI=1S/C23H24N6O5/c1-4-11-27(14-20-24-25-22(34-20)19-6-5-12-33-19)23(30)18-9-7-17(8-10-18)13-28-16(3)21(29(31)32)15(2)26-28/h5-10,12H,4,11,13-14H2,1-3H3. The molecule has 176 valence electrons. The Morgan fingerprint density at radius 3 is 2.56 bits per heavy atom. The Morgan fingerprint density at radius 1 is 1.18 bits per heavy atom. The topological polar surface area (TPSA) is 133 Å². The van der Waals surface area contributed by atoms with E-state index < -0.39 is 4.92 Å². The van der Waals surface area contributed by atoms with Crippen LogP contribution in [0.25, 0.3) is 11.7 Å². The molecule has 34 heavy (non-hydrogen) atoms. The highest BCUT2D eigenvalue weighted by Crippen LogP contribution is 2.23. The van der Waals surface area contributed by atoms with Gasteiger partial charge in [0.15, 0.2) is 5.76 Å². The number of aryl methyl sites for hydroxylation is 1. The highest BCUT2D eigenvalue weighted by Gasteiger charge is 2.22. The maximum atomic E-state index is 13.1. The first-order valence-corrected chi connectivity index (χ1v) is 10.8. The van der Waals surface area contributed by atoms with Crippen LogP contribution >= 0.6 is 0 Å². The number of carbonyl (C=O) groups excluding carboxylic acids is 1. The van der Waals surface area contributed by atoms with Gasteiger partial charge in [-0.1, -0.05) is 19.1 Å². The molecule has 0 bridgehead atoms. The lowest BCUT2D eigenvalue weighted by Crippen LogP contribution is -2.31. The second-order valence-electron chi connectivity index (χ2n) is 7.84. The van der Waals surface area contributed by atoms with Gasteiger partial charge in [0.2, 0.25) is 5.89 Å². The van der Waals surface area contributed by atoms with E-state index in [0.717, 1.165) is 12.0 Å². The Morgan fingerprint density at radius 2 is 1.94 bits per heavy atom. The fourth-order valence-corrected chi connectivity index (χ4v) is 3.72. The average molecular weight is 464 g/mol. The Labute approximate surface area is 195 Å². The van der Waals surface area contributed by atoms with E-state index in [-0.39, 0.29) is 24.0 Å². The van der Waals surface area contributed by atoms with Gasteiger partial charge < -0.3 is 13.7 Å². The molecule has 4 aromatic rings. The van der Waals surface area contributed by atoms with Crippen molar-refractivity contribution >= 4 is 11.6 Å². The van der Waals surface area contributed by atoms with Crippen LogP contribution in [0.1, 0.15) is 46.5 Å². The van der Waals surface area contributed by atoms with E-state index in [4.69, 9.17) is 8.83 Å². The van der Waals surface area contributed by atoms with Crippen LogP contribution in [0.2, 0.25) is 0 Å². The normalized spacial score (nSPS) is 11.0. The zero-order chi connectivity index (χ0) is 24.2. The minimum absolute atomic E-state index is 0.0261. The van der Waals surface area contributed by atoms with E-state index in [9.17, 15) is 14.9 Å². The van der Waals surface area contributed by atoms with Crippen molar-refractivity contribution < 1.29 is 18.6 Å². The van der Waals surface area contributed by atoms with Crippen molar-refractivity contribution in [3.05, 3.63) is 81.2 Å². The molecule has 11 heteroatoms. The smallest absolute Gasteiger partial charge is 0.312 e. The summed E-state index contributed by atoms with van der Waals surface area (Å²) < 4.78 is 12.5. The second kappa shape index (κ2) is 9.69. The van der Waals surface area contributed by atoms with Gasteiger partial charge in [0, 0.05) is 12.1 Å². The van der Waals surface area contributed by atoms with E-state index in [1.165, 1.54) is 6.26 Å². The molecule has 0 fully saturated rings. The summed E-state index contributed by atoms with van der Waals surface area (Å²) in [5.74, 6) is 0.886. The van der Waals surface area contributed by atoms with E-state index >= 15 is 0 Å². The molecule has 0 N–H and O–H groups in total. The Balaban J connectivity index is 1.47. The predicted octanol–water partition coefficient (Wildman–Crippen LogP) is 4.15. The molecule has 0 aliphatic carbocycles. The van der Waals surface area contributed by atoms with E-state index in [2.05, 4.69) is 15.3 Å². The van der Waals surface area contributed by atoms with Gasteiger partial charge >= 0.3 is 5.69 Å². The average Bonchev–Trinajstić information content (AvgIpc) is 3.55. The first kappa shape index (κ1) is 22.9. The number of hydrogen-bond acceptors (Lipinski definition) is 8. The molecule has 0 spiro atoms. The van der Waals surface area contributed by atoms with Crippen LogP contribution in [0.15, 0.2) is 51.5 Å². The third-order valence-corrected chi connectivity index (χ3v) is 5.36. The van der Waals surface area contributed by atoms with Crippen molar-refractivity contribution in [1.82, 2.24) is 24.9 Å². The molecule has 0 aliphatic heterocycles. The maximum absolute atomic E-state index is 13.1. The largest absolute Gasteiger partial charge is 0.459 e. The Kier molecular flexibility index (Phi) is 6.53. The van der Waals surface area contributed by atoms with Crippen LogP contribution in [0, 0.1) is 24.0 Å². The van der Waals surface area contributed by atoms with Crippen molar-refractivity contribution in [2.45, 2.75) is 40.3 Å². The number of hydrogen-bond donors (Lipinski definition) is 0. The van der Waals surface area contributed by atoms with Gasteiger partial charge in [-0.2, -0.15) is 5.10 Å². The summed E-state index contributed by atoms with van der Waals surface area (Å²) in [7, 11) is 0. The van der Waals surface area contributed by atoms with Crippen molar-refractivity contribution in [3.63, 3.8) is 0 Å². The number of benzene rings is 1. The van der Waals surface area contributed by atoms with Crippen molar-refractivity contribution in [2.24, 2.45) is 0 Å². The van der Waals surface area contributed by atoms with Crippen molar-refractivity contribution in [1.29, 1.82) is 0 Å². The first-order valence-electron chi connectivity index (χ1n) is 10.8. The van der Waals surface area contributed by atoms with Crippen LogP contribution in [-0.2, 0) is 13.1 Å². The van der Waals surface area contributed by atoms with Gasteiger partial charge in [0.25, 0.3) is 11.8 Å². The SMILES string of the molecule is CCCN(Cc1nnc(-c2ccco2)o1)C(=O)c1ccc(Cn2nc(C)c([N+](=O)[O-])c2C)cc1. The fourth-order valence-electron chi connectivity index (χ4n) is 3.72. The summed E-state index contributed by atoms with van der Waals surface area (Å²) in [4.78, 5) is 25.6. The van der Waals surface area contributed by atoms with Crippen molar-refractivity contribution in [2.75, 3.05) is 6.54 Å². The summed E-state index contributed by atoms with van der Waals surface area (Å²) >= 11 is 0. The third kappa shape index (κ3) is 4.72. The second-order valence-corrected chi connectivity index (χ2v) is 7.84. The first-order chi connectivity index (χ1) is 16.4. The molecule has 0 aliphatic rings. The van der Waals surface area contributed by atoms with E-state index in [1.54, 1.807) is 47.7 Å². The van der Waals surface area contributed by atoms with Gasteiger partial charge in [-0.3, -0.25) is 19.6 Å². The van der Waals surface area contributed by atoms with Gasteiger partial charge in [0.05, 0.1) is 24.3 Å². The Hall–Kier alpha value is -4.28. The summed E-state index contributed by atoms with van der Waals surface area (Å²) in [5.41, 5.74) is 2.28. The summed E-state index contributed by atoms with van der Waals surface area (Å²) in [5, 5.41) is 23.5. The fraction of sp³-hybridized carbons (Fsp3) is 0.304. The maximum Gasteiger partial charge on any atom is 0.312 e. The third-order valence-electron chi connectivity index (χ3n) is 5.36. The molecule has 0 atom stereocenters. The number of rotatable bonds is 9. The van der Waals surface area contributed by atoms with Crippen LogP contribution < -0.4 is 0 Å². The number of nitrogens with zero attached hydrogens (tertiary/aromatic N) is 6. The number of furan rings is 1. The zero-order valence-electron chi connectivity index (χ0n) is 19.1. The molecule has 0 radical (unpaired) electrons. The molecule has 1 amide bonds. The van der Waals surface area contributed by atoms with Crippen LogP contribution in [0.3, 0.4) is 0 Å². The van der Waals surface area contributed by atoms with Gasteiger partial charge in [0.1, 0.15) is 11.4 Å². The molecule has 3 aromatic heterocycles. The molecule has 4 rings (SSSR count). The molecule has 3 heterocycles. The van der Waals surface area contributed by atoms with Crippen LogP contribution in [0.5, 0.6) is 0 Å². The van der Waals surface area contributed by atoms with Crippen LogP contribution in [0.4, 0.5) is 5.69 Å². The molecule has 0 saturated carbocycles. The summed E-state index contributed by atoms with van der Waals surface area (Å²) in [6.07, 6.45) is 2.28. The predicted molar refractivity (Wildman–Crippen MR) is 121 cm³/mol. The molecular formula is C23H24N6O5. The van der Waals surface area contributed by atoms with Gasteiger partial charge in [-0.15, -0.1) is 10.2 Å². The minimum atomic E-state index is -0.417. The highest BCUT2D eigenvalue weighted by molar-refractivity contribution is 5.94. The monoisotopic (exact) mass is 464 g/mol.